The first-order chi connectivity index (χ1) is 13.6. The number of para-hydroxylation sites is 1. The van der Waals surface area contributed by atoms with Gasteiger partial charge < -0.3 is 10.1 Å². The van der Waals surface area contributed by atoms with Gasteiger partial charge in [0.1, 0.15) is 18.0 Å². The molecular weight excluding hydrogens is 356 g/mol. The van der Waals surface area contributed by atoms with Crippen molar-refractivity contribution >= 4 is 23.4 Å². The zero-order chi connectivity index (χ0) is 19.5. The average molecular weight is 376 g/mol. The fraction of sp³-hybridized carbons (Fsp3) is 0.227. The van der Waals surface area contributed by atoms with Crippen LogP contribution in [0.1, 0.15) is 12.8 Å². The Kier molecular flexibility index (Phi) is 4.93. The third kappa shape index (κ3) is 3.67. The summed E-state index contributed by atoms with van der Waals surface area (Å²) in [6.45, 7) is -0.257. The second-order valence-electron chi connectivity index (χ2n) is 6.91. The van der Waals surface area contributed by atoms with E-state index in [-0.39, 0.29) is 30.2 Å². The number of allylic oxidation sites excluding steroid dienone is 2. The zero-order valence-corrected chi connectivity index (χ0v) is 15.2. The van der Waals surface area contributed by atoms with E-state index in [9.17, 15) is 14.4 Å². The molecule has 2 aromatic rings. The number of likely N-dealkylation sites (tertiary alicyclic amines) is 1. The van der Waals surface area contributed by atoms with E-state index >= 15 is 0 Å². The Labute approximate surface area is 162 Å². The molecule has 3 amide bonds. The van der Waals surface area contributed by atoms with E-state index < -0.39 is 5.91 Å². The number of amides is 3. The molecule has 28 heavy (non-hydrogen) atoms. The number of carbonyl (C=O) groups excluding carboxylic acids is 3. The highest BCUT2D eigenvalue weighted by atomic mass is 16.5. The highest BCUT2D eigenvalue weighted by Crippen LogP contribution is 2.34. The molecule has 6 heteroatoms. The van der Waals surface area contributed by atoms with Crippen molar-refractivity contribution in [1.82, 2.24) is 4.90 Å². The van der Waals surface area contributed by atoms with E-state index in [2.05, 4.69) is 5.32 Å². The van der Waals surface area contributed by atoms with Gasteiger partial charge in [-0.1, -0.05) is 30.4 Å². The lowest BCUT2D eigenvalue weighted by molar-refractivity contribution is -0.142. The molecule has 0 aromatic heterocycles. The molecule has 142 valence electrons. The van der Waals surface area contributed by atoms with E-state index in [0.29, 0.717) is 24.3 Å². The summed E-state index contributed by atoms with van der Waals surface area (Å²) in [5.74, 6) is -0.168. The number of nitrogens with one attached hydrogen (secondary N) is 1. The molecule has 1 heterocycles. The summed E-state index contributed by atoms with van der Waals surface area (Å²) in [4.78, 5) is 38.3. The van der Waals surface area contributed by atoms with Gasteiger partial charge in [-0.25, -0.2) is 0 Å². The lowest BCUT2D eigenvalue weighted by Crippen LogP contribution is -2.38. The van der Waals surface area contributed by atoms with Gasteiger partial charge in [-0.3, -0.25) is 19.3 Å². The second-order valence-corrected chi connectivity index (χ2v) is 6.91. The molecule has 0 spiro atoms. The predicted molar refractivity (Wildman–Crippen MR) is 104 cm³/mol. The van der Waals surface area contributed by atoms with Crippen LogP contribution in [-0.2, 0) is 14.4 Å². The molecule has 1 fully saturated rings. The number of rotatable bonds is 5. The van der Waals surface area contributed by atoms with Crippen LogP contribution >= 0.6 is 0 Å². The van der Waals surface area contributed by atoms with E-state index in [1.54, 1.807) is 24.3 Å². The third-order valence-electron chi connectivity index (χ3n) is 5.02. The minimum atomic E-state index is -0.398. The molecule has 6 nitrogen and oxygen atoms in total. The number of ether oxygens (including phenoxy) is 1. The van der Waals surface area contributed by atoms with Crippen LogP contribution in [-0.4, -0.2) is 29.2 Å². The maximum absolute atomic E-state index is 12.4. The Bertz CT molecular complexity index is 895. The van der Waals surface area contributed by atoms with Crippen LogP contribution in [0.4, 0.5) is 5.69 Å². The smallest absolute Gasteiger partial charge is 0.244 e. The highest BCUT2D eigenvalue weighted by Gasteiger charge is 2.47. The molecule has 1 N–H and O–H groups in total. The van der Waals surface area contributed by atoms with Gasteiger partial charge in [0.2, 0.25) is 17.7 Å². The Morgan fingerprint density at radius 3 is 2.07 bits per heavy atom. The summed E-state index contributed by atoms with van der Waals surface area (Å²) in [7, 11) is 0. The minimum Gasteiger partial charge on any atom is -0.457 e. The standard InChI is InChI=1S/C22H20N2O4/c25-20(14-24-21(26)18-8-4-5-9-19(18)22(24)27)23-15-10-12-17(13-11-15)28-16-6-2-1-3-7-16/h1-7,10-13,18-19H,8-9,14H2,(H,23,25)/t18-,19-/m1/s1. The molecule has 1 aliphatic heterocycles. The van der Waals surface area contributed by atoms with Gasteiger partial charge in [0.05, 0.1) is 11.8 Å². The SMILES string of the molecule is O=C(CN1C(=O)[C@@H]2CC=CC[C@H]2C1=O)Nc1ccc(Oc2ccccc2)cc1. The van der Waals surface area contributed by atoms with E-state index in [4.69, 9.17) is 4.74 Å². The number of anilines is 1. The summed E-state index contributed by atoms with van der Waals surface area (Å²) in [6, 6.07) is 16.3. The van der Waals surface area contributed by atoms with Crippen LogP contribution in [0.2, 0.25) is 0 Å². The number of fused-ring (bicyclic) bond motifs is 1. The monoisotopic (exact) mass is 376 g/mol. The van der Waals surface area contributed by atoms with Gasteiger partial charge in [-0.15, -0.1) is 0 Å². The predicted octanol–water partition coefficient (Wildman–Crippen LogP) is 3.37. The number of hydrogen-bond acceptors (Lipinski definition) is 4. The van der Waals surface area contributed by atoms with Crippen molar-refractivity contribution in [2.45, 2.75) is 12.8 Å². The summed E-state index contributed by atoms with van der Waals surface area (Å²) in [5, 5.41) is 2.73. The molecule has 1 aliphatic carbocycles. The van der Waals surface area contributed by atoms with Crippen molar-refractivity contribution in [3.8, 4) is 11.5 Å². The van der Waals surface area contributed by atoms with Crippen molar-refractivity contribution in [1.29, 1.82) is 0 Å². The molecule has 4 rings (SSSR count). The van der Waals surface area contributed by atoms with Crippen molar-refractivity contribution in [3.63, 3.8) is 0 Å². The number of nitrogens with zero attached hydrogens (tertiary/aromatic N) is 1. The lowest BCUT2D eigenvalue weighted by atomic mass is 9.85. The molecule has 2 aliphatic rings. The molecule has 2 aromatic carbocycles. The van der Waals surface area contributed by atoms with Gasteiger partial charge in [0.15, 0.2) is 0 Å². The first-order valence-electron chi connectivity index (χ1n) is 9.25. The first kappa shape index (κ1) is 18.0. The number of imide groups is 1. The Morgan fingerprint density at radius 1 is 0.893 bits per heavy atom. The van der Waals surface area contributed by atoms with Gasteiger partial charge in [-0.2, -0.15) is 0 Å². The Balaban J connectivity index is 1.35. The largest absolute Gasteiger partial charge is 0.457 e. The van der Waals surface area contributed by atoms with Crippen LogP contribution in [0.3, 0.4) is 0 Å². The molecule has 0 radical (unpaired) electrons. The average Bonchev–Trinajstić information content (AvgIpc) is 2.95. The normalized spacial score (nSPS) is 20.8. The summed E-state index contributed by atoms with van der Waals surface area (Å²) < 4.78 is 5.71. The van der Waals surface area contributed by atoms with Crippen molar-refractivity contribution in [2.24, 2.45) is 11.8 Å². The van der Waals surface area contributed by atoms with Crippen molar-refractivity contribution in [3.05, 3.63) is 66.7 Å². The van der Waals surface area contributed by atoms with Crippen LogP contribution in [0.5, 0.6) is 11.5 Å². The molecular formula is C22H20N2O4. The van der Waals surface area contributed by atoms with Crippen molar-refractivity contribution in [2.75, 3.05) is 11.9 Å². The third-order valence-corrected chi connectivity index (χ3v) is 5.02. The lowest BCUT2D eigenvalue weighted by Gasteiger charge is -2.14. The topological polar surface area (TPSA) is 75.7 Å². The maximum atomic E-state index is 12.4. The summed E-state index contributed by atoms with van der Waals surface area (Å²) in [5.41, 5.74) is 0.573. The molecule has 0 unspecified atom stereocenters. The van der Waals surface area contributed by atoms with E-state index in [0.717, 1.165) is 10.6 Å². The highest BCUT2D eigenvalue weighted by molar-refractivity contribution is 6.08. The summed E-state index contributed by atoms with van der Waals surface area (Å²) >= 11 is 0. The van der Waals surface area contributed by atoms with Gasteiger partial charge in [0.25, 0.3) is 0 Å². The first-order valence-corrected chi connectivity index (χ1v) is 9.25. The summed E-state index contributed by atoms with van der Waals surface area (Å²) in [6.07, 6.45) is 4.98. The second kappa shape index (κ2) is 7.68. The fourth-order valence-electron chi connectivity index (χ4n) is 3.60. The Morgan fingerprint density at radius 2 is 1.46 bits per heavy atom. The van der Waals surface area contributed by atoms with Crippen LogP contribution in [0.25, 0.3) is 0 Å². The maximum Gasteiger partial charge on any atom is 0.244 e. The Hall–Kier alpha value is -3.41. The van der Waals surface area contributed by atoms with Gasteiger partial charge >= 0.3 is 0 Å². The van der Waals surface area contributed by atoms with Gasteiger partial charge in [-0.05, 0) is 49.2 Å². The van der Waals surface area contributed by atoms with Crippen molar-refractivity contribution < 1.29 is 19.1 Å². The molecule has 2 atom stereocenters. The van der Waals surface area contributed by atoms with Crippen LogP contribution < -0.4 is 10.1 Å². The van der Waals surface area contributed by atoms with Crippen LogP contribution in [0.15, 0.2) is 66.7 Å². The molecule has 1 saturated heterocycles. The minimum absolute atomic E-state index is 0.249. The zero-order valence-electron chi connectivity index (χ0n) is 15.2. The molecule has 0 saturated carbocycles. The van der Waals surface area contributed by atoms with E-state index in [1.165, 1.54) is 0 Å². The van der Waals surface area contributed by atoms with Gasteiger partial charge in [0, 0.05) is 5.69 Å². The van der Waals surface area contributed by atoms with E-state index in [1.807, 2.05) is 42.5 Å². The number of hydrogen-bond donors (Lipinski definition) is 1. The number of benzene rings is 2. The quantitative estimate of drug-likeness (QED) is 0.641. The van der Waals surface area contributed by atoms with Crippen LogP contribution in [0, 0.1) is 11.8 Å². The number of carbonyl (C=O) groups is 3. The molecule has 0 bridgehead atoms. The fourth-order valence-corrected chi connectivity index (χ4v) is 3.60.